The van der Waals surface area contributed by atoms with Crippen molar-refractivity contribution in [2.24, 2.45) is 5.92 Å². The van der Waals surface area contributed by atoms with E-state index in [1.807, 2.05) is 45.0 Å². The molecule has 2 N–H and O–H groups in total. The fourth-order valence-electron chi connectivity index (χ4n) is 3.88. The maximum absolute atomic E-state index is 12.9. The Balaban J connectivity index is 1.43. The number of nitrogens with zero attached hydrogens (tertiary/aromatic N) is 2. The van der Waals surface area contributed by atoms with E-state index >= 15 is 0 Å². The quantitative estimate of drug-likeness (QED) is 0.585. The summed E-state index contributed by atoms with van der Waals surface area (Å²) >= 11 is 6.20. The molecule has 3 amide bonds. The molecule has 3 aromatic rings. The molecule has 7 nitrogen and oxygen atoms in total. The SMILES string of the molecule is Cc1ccc(N2C[C@@H](C(=O)Nc3cccc(C(=O)Nn4c(C)ccc4C)c3)CC2=O)cc1Cl. The lowest BCUT2D eigenvalue weighted by atomic mass is 10.1. The van der Waals surface area contributed by atoms with E-state index in [-0.39, 0.29) is 30.7 Å². The summed E-state index contributed by atoms with van der Waals surface area (Å²) in [5.41, 5.74) is 7.19. The molecular weight excluding hydrogens is 440 g/mol. The van der Waals surface area contributed by atoms with Gasteiger partial charge in [-0.1, -0.05) is 23.7 Å². The first-order chi connectivity index (χ1) is 15.7. The second kappa shape index (κ2) is 9.11. The van der Waals surface area contributed by atoms with E-state index in [0.29, 0.717) is 22.0 Å². The first-order valence-corrected chi connectivity index (χ1v) is 11.0. The van der Waals surface area contributed by atoms with Crippen LogP contribution in [0.15, 0.2) is 54.6 Å². The summed E-state index contributed by atoms with van der Waals surface area (Å²) in [6, 6.07) is 16.0. The molecule has 1 aliphatic heterocycles. The number of carbonyl (C=O) groups is 3. The van der Waals surface area contributed by atoms with E-state index in [0.717, 1.165) is 17.0 Å². The number of nitrogens with one attached hydrogen (secondary N) is 2. The van der Waals surface area contributed by atoms with E-state index in [1.54, 1.807) is 39.9 Å². The molecule has 0 saturated carbocycles. The van der Waals surface area contributed by atoms with Gasteiger partial charge in [0.15, 0.2) is 0 Å². The number of anilines is 2. The molecule has 0 unspecified atom stereocenters. The molecule has 0 spiro atoms. The summed E-state index contributed by atoms with van der Waals surface area (Å²) in [6.07, 6.45) is 0.115. The molecule has 0 aliphatic carbocycles. The number of hydrogen-bond donors (Lipinski definition) is 2. The standard InChI is InChI=1S/C25H25ClN4O3/c1-15-7-10-21(13-22(15)26)29-14-19(12-23(29)31)24(32)27-20-6-4-5-18(11-20)25(33)28-30-16(2)8-9-17(30)3/h4-11,13,19H,12,14H2,1-3H3,(H,27,32)(H,28,33)/t19-/m0/s1. The molecule has 4 rings (SSSR count). The van der Waals surface area contributed by atoms with Crippen molar-refractivity contribution in [1.82, 2.24) is 4.68 Å². The van der Waals surface area contributed by atoms with Crippen LogP contribution < -0.4 is 15.6 Å². The number of amides is 3. The van der Waals surface area contributed by atoms with E-state index in [9.17, 15) is 14.4 Å². The molecule has 2 heterocycles. The molecule has 1 saturated heterocycles. The van der Waals surface area contributed by atoms with Gasteiger partial charge in [-0.05, 0) is 68.8 Å². The Morgan fingerprint density at radius 2 is 1.73 bits per heavy atom. The highest BCUT2D eigenvalue weighted by molar-refractivity contribution is 6.31. The van der Waals surface area contributed by atoms with Gasteiger partial charge in [0.1, 0.15) is 0 Å². The maximum Gasteiger partial charge on any atom is 0.270 e. The average molecular weight is 465 g/mol. The minimum absolute atomic E-state index is 0.115. The second-order valence-electron chi connectivity index (χ2n) is 8.30. The van der Waals surface area contributed by atoms with Crippen LogP contribution in [0.5, 0.6) is 0 Å². The van der Waals surface area contributed by atoms with Crippen LogP contribution in [0.4, 0.5) is 11.4 Å². The van der Waals surface area contributed by atoms with Crippen molar-refractivity contribution in [2.75, 3.05) is 22.2 Å². The first-order valence-electron chi connectivity index (χ1n) is 10.7. The predicted octanol–water partition coefficient (Wildman–Crippen LogP) is 4.44. The molecule has 1 fully saturated rings. The van der Waals surface area contributed by atoms with E-state index in [2.05, 4.69) is 10.7 Å². The number of halogens is 1. The second-order valence-corrected chi connectivity index (χ2v) is 8.71. The molecule has 1 aliphatic rings. The first kappa shape index (κ1) is 22.6. The minimum atomic E-state index is -0.500. The summed E-state index contributed by atoms with van der Waals surface area (Å²) in [6.45, 7) is 5.97. The monoisotopic (exact) mass is 464 g/mol. The number of carbonyl (C=O) groups excluding carboxylic acids is 3. The van der Waals surface area contributed by atoms with Gasteiger partial charge in [0.05, 0.1) is 5.92 Å². The topological polar surface area (TPSA) is 83.4 Å². The fraction of sp³-hybridized carbons (Fsp3) is 0.240. The maximum atomic E-state index is 12.9. The van der Waals surface area contributed by atoms with Crippen LogP contribution in [-0.2, 0) is 9.59 Å². The smallest absolute Gasteiger partial charge is 0.270 e. The van der Waals surface area contributed by atoms with Crippen molar-refractivity contribution in [3.05, 3.63) is 82.1 Å². The Morgan fingerprint density at radius 3 is 2.42 bits per heavy atom. The van der Waals surface area contributed by atoms with Gasteiger partial charge in [-0.15, -0.1) is 0 Å². The highest BCUT2D eigenvalue weighted by Gasteiger charge is 2.35. The third kappa shape index (κ3) is 4.78. The lowest BCUT2D eigenvalue weighted by Gasteiger charge is -2.17. The van der Waals surface area contributed by atoms with Gasteiger partial charge < -0.3 is 10.2 Å². The van der Waals surface area contributed by atoms with Crippen molar-refractivity contribution < 1.29 is 14.4 Å². The van der Waals surface area contributed by atoms with E-state index < -0.39 is 5.92 Å². The molecule has 33 heavy (non-hydrogen) atoms. The number of rotatable bonds is 5. The molecular formula is C25H25ClN4O3. The van der Waals surface area contributed by atoms with Gasteiger partial charge in [0, 0.05) is 46.3 Å². The third-order valence-electron chi connectivity index (χ3n) is 5.84. The lowest BCUT2D eigenvalue weighted by molar-refractivity contribution is -0.122. The molecule has 8 heteroatoms. The van der Waals surface area contributed by atoms with E-state index in [1.165, 1.54) is 0 Å². The van der Waals surface area contributed by atoms with E-state index in [4.69, 9.17) is 11.6 Å². The van der Waals surface area contributed by atoms with Crippen LogP contribution in [0.1, 0.15) is 33.7 Å². The van der Waals surface area contributed by atoms with Crippen molar-refractivity contribution in [3.8, 4) is 0 Å². The minimum Gasteiger partial charge on any atom is -0.326 e. The average Bonchev–Trinajstić information content (AvgIpc) is 3.33. The Labute approximate surface area is 197 Å². The third-order valence-corrected chi connectivity index (χ3v) is 6.25. The summed E-state index contributed by atoms with van der Waals surface area (Å²) in [5.74, 6) is -1.17. The Bertz CT molecular complexity index is 1230. The Morgan fingerprint density at radius 1 is 1.00 bits per heavy atom. The van der Waals surface area contributed by atoms with Crippen LogP contribution in [0, 0.1) is 26.7 Å². The Hall–Kier alpha value is -3.58. The van der Waals surface area contributed by atoms with Crippen LogP contribution >= 0.6 is 11.6 Å². The molecule has 2 aromatic carbocycles. The zero-order valence-electron chi connectivity index (χ0n) is 18.7. The van der Waals surface area contributed by atoms with Gasteiger partial charge in [-0.3, -0.25) is 24.5 Å². The highest BCUT2D eigenvalue weighted by Crippen LogP contribution is 2.29. The van der Waals surface area contributed by atoms with Crippen molar-refractivity contribution in [1.29, 1.82) is 0 Å². The van der Waals surface area contributed by atoms with Gasteiger partial charge in [-0.25, -0.2) is 0 Å². The Kier molecular flexibility index (Phi) is 6.24. The van der Waals surface area contributed by atoms with Gasteiger partial charge >= 0.3 is 0 Å². The largest absolute Gasteiger partial charge is 0.326 e. The molecule has 170 valence electrons. The van der Waals surface area contributed by atoms with Gasteiger partial charge in [0.2, 0.25) is 11.8 Å². The lowest BCUT2D eigenvalue weighted by Crippen LogP contribution is -2.28. The van der Waals surface area contributed by atoms with Crippen LogP contribution in [0.2, 0.25) is 5.02 Å². The van der Waals surface area contributed by atoms with Gasteiger partial charge in [0.25, 0.3) is 5.91 Å². The number of aryl methyl sites for hydroxylation is 3. The fourth-order valence-corrected chi connectivity index (χ4v) is 4.05. The predicted molar refractivity (Wildman–Crippen MR) is 129 cm³/mol. The van der Waals surface area contributed by atoms with Crippen molar-refractivity contribution in [3.63, 3.8) is 0 Å². The zero-order valence-corrected chi connectivity index (χ0v) is 19.4. The van der Waals surface area contributed by atoms with Crippen LogP contribution in [0.25, 0.3) is 0 Å². The van der Waals surface area contributed by atoms with Crippen LogP contribution in [0.3, 0.4) is 0 Å². The summed E-state index contributed by atoms with van der Waals surface area (Å²) in [5, 5.41) is 3.42. The number of aromatic nitrogens is 1. The molecule has 1 aromatic heterocycles. The highest BCUT2D eigenvalue weighted by atomic mass is 35.5. The van der Waals surface area contributed by atoms with Crippen molar-refractivity contribution in [2.45, 2.75) is 27.2 Å². The molecule has 0 bridgehead atoms. The zero-order chi connectivity index (χ0) is 23.7. The summed E-state index contributed by atoms with van der Waals surface area (Å²) in [4.78, 5) is 39.7. The summed E-state index contributed by atoms with van der Waals surface area (Å²) < 4.78 is 1.71. The number of benzene rings is 2. The summed E-state index contributed by atoms with van der Waals surface area (Å²) in [7, 11) is 0. The van der Waals surface area contributed by atoms with Crippen molar-refractivity contribution >= 4 is 40.7 Å². The number of hydrogen-bond acceptors (Lipinski definition) is 3. The molecule has 0 radical (unpaired) electrons. The normalized spacial score (nSPS) is 15.6. The van der Waals surface area contributed by atoms with Gasteiger partial charge in [-0.2, -0.15) is 0 Å². The van der Waals surface area contributed by atoms with Crippen LogP contribution in [-0.4, -0.2) is 28.9 Å². The molecule has 1 atom stereocenters.